The maximum atomic E-state index is 4.36. The third kappa shape index (κ3) is 3.54. The Morgan fingerprint density at radius 3 is 2.88 bits per heavy atom. The molecule has 2 heterocycles. The minimum atomic E-state index is 0.636. The highest BCUT2D eigenvalue weighted by Gasteiger charge is 2.11. The summed E-state index contributed by atoms with van der Waals surface area (Å²) in [7, 11) is 1.82. The van der Waals surface area contributed by atoms with Gasteiger partial charge in [-0.15, -0.1) is 0 Å². The molecule has 0 amide bonds. The van der Waals surface area contributed by atoms with Crippen molar-refractivity contribution in [3.8, 4) is 0 Å². The molecule has 0 spiro atoms. The maximum absolute atomic E-state index is 4.36. The molecule has 17 heavy (non-hydrogen) atoms. The van der Waals surface area contributed by atoms with Gasteiger partial charge in [0.05, 0.1) is 4.47 Å². The van der Waals surface area contributed by atoms with Gasteiger partial charge in [0.15, 0.2) is 0 Å². The molecule has 2 rings (SSSR count). The van der Waals surface area contributed by atoms with Crippen molar-refractivity contribution in [1.82, 2.24) is 14.9 Å². The lowest BCUT2D eigenvalue weighted by Gasteiger charge is -2.15. The molecule has 1 fully saturated rings. The molecule has 94 valence electrons. The van der Waals surface area contributed by atoms with Gasteiger partial charge in [-0.2, -0.15) is 4.98 Å². The standard InChI is InChI=1S/C11H18BrN5/c1-13-11-15-8-9(12)10(16-11)14-4-7-17-5-2-3-6-17/h8H,2-7H2,1H3,(H2,13,14,15,16). The van der Waals surface area contributed by atoms with E-state index >= 15 is 0 Å². The third-order valence-corrected chi connectivity index (χ3v) is 3.47. The molecule has 0 aromatic carbocycles. The number of aromatic nitrogens is 2. The normalized spacial score (nSPS) is 16.1. The Balaban J connectivity index is 1.84. The first-order valence-corrected chi connectivity index (χ1v) is 6.75. The van der Waals surface area contributed by atoms with Gasteiger partial charge < -0.3 is 15.5 Å². The number of hydrogen-bond donors (Lipinski definition) is 2. The van der Waals surface area contributed by atoms with Crippen LogP contribution in [0, 0.1) is 0 Å². The van der Waals surface area contributed by atoms with Crippen molar-refractivity contribution < 1.29 is 0 Å². The number of nitrogens with zero attached hydrogens (tertiary/aromatic N) is 3. The molecule has 0 bridgehead atoms. The van der Waals surface area contributed by atoms with E-state index in [1.165, 1.54) is 25.9 Å². The lowest BCUT2D eigenvalue weighted by Crippen LogP contribution is -2.26. The van der Waals surface area contributed by atoms with Crippen molar-refractivity contribution in [2.45, 2.75) is 12.8 Å². The topological polar surface area (TPSA) is 53.1 Å². The summed E-state index contributed by atoms with van der Waals surface area (Å²) in [5.74, 6) is 1.49. The van der Waals surface area contributed by atoms with Gasteiger partial charge in [0.2, 0.25) is 5.95 Å². The van der Waals surface area contributed by atoms with Crippen molar-refractivity contribution in [2.75, 3.05) is 43.9 Å². The lowest BCUT2D eigenvalue weighted by molar-refractivity contribution is 0.352. The zero-order chi connectivity index (χ0) is 12.1. The predicted octanol–water partition coefficient (Wildman–Crippen LogP) is 1.79. The highest BCUT2D eigenvalue weighted by Crippen LogP contribution is 2.19. The van der Waals surface area contributed by atoms with Crippen LogP contribution in [0.25, 0.3) is 0 Å². The smallest absolute Gasteiger partial charge is 0.224 e. The second-order valence-corrected chi connectivity index (χ2v) is 4.97. The first-order valence-electron chi connectivity index (χ1n) is 5.96. The predicted molar refractivity (Wildman–Crippen MR) is 73.4 cm³/mol. The Kier molecular flexibility index (Phi) is 4.56. The van der Waals surface area contributed by atoms with Gasteiger partial charge in [-0.05, 0) is 41.9 Å². The fourth-order valence-electron chi connectivity index (χ4n) is 1.95. The second-order valence-electron chi connectivity index (χ2n) is 4.12. The molecule has 1 aromatic heterocycles. The number of likely N-dealkylation sites (tertiary alicyclic amines) is 1. The molecule has 0 saturated carbocycles. The van der Waals surface area contributed by atoms with Crippen molar-refractivity contribution >= 4 is 27.7 Å². The fourth-order valence-corrected chi connectivity index (χ4v) is 2.28. The van der Waals surface area contributed by atoms with Crippen LogP contribution in [0.3, 0.4) is 0 Å². The average Bonchev–Trinajstić information content (AvgIpc) is 2.84. The monoisotopic (exact) mass is 299 g/mol. The molecule has 0 aliphatic carbocycles. The first-order chi connectivity index (χ1) is 8.29. The number of halogens is 1. The quantitative estimate of drug-likeness (QED) is 0.868. The van der Waals surface area contributed by atoms with E-state index in [0.29, 0.717) is 5.95 Å². The summed E-state index contributed by atoms with van der Waals surface area (Å²) in [6, 6.07) is 0. The molecular formula is C11H18BrN5. The molecule has 5 nitrogen and oxygen atoms in total. The van der Waals surface area contributed by atoms with Crippen LogP contribution in [0.4, 0.5) is 11.8 Å². The summed E-state index contributed by atoms with van der Waals surface area (Å²) in [6.07, 6.45) is 4.43. The van der Waals surface area contributed by atoms with E-state index < -0.39 is 0 Å². The summed E-state index contributed by atoms with van der Waals surface area (Å²) < 4.78 is 0.901. The van der Waals surface area contributed by atoms with Crippen LogP contribution >= 0.6 is 15.9 Å². The average molecular weight is 300 g/mol. The molecular weight excluding hydrogens is 282 g/mol. The SMILES string of the molecule is CNc1ncc(Br)c(NCCN2CCCC2)n1. The zero-order valence-electron chi connectivity index (χ0n) is 10.0. The van der Waals surface area contributed by atoms with Crippen molar-refractivity contribution in [3.05, 3.63) is 10.7 Å². The summed E-state index contributed by atoms with van der Waals surface area (Å²) in [5, 5.41) is 6.27. The molecule has 1 saturated heterocycles. The Morgan fingerprint density at radius 1 is 1.41 bits per heavy atom. The minimum Gasteiger partial charge on any atom is -0.368 e. The van der Waals surface area contributed by atoms with E-state index in [0.717, 1.165) is 23.4 Å². The summed E-state index contributed by atoms with van der Waals surface area (Å²) >= 11 is 3.44. The summed E-state index contributed by atoms with van der Waals surface area (Å²) in [5.41, 5.74) is 0. The van der Waals surface area contributed by atoms with E-state index in [1.54, 1.807) is 6.20 Å². The van der Waals surface area contributed by atoms with Crippen LogP contribution in [0.1, 0.15) is 12.8 Å². The van der Waals surface area contributed by atoms with Crippen LogP contribution in [0.2, 0.25) is 0 Å². The van der Waals surface area contributed by atoms with Gasteiger partial charge in [-0.3, -0.25) is 0 Å². The van der Waals surface area contributed by atoms with Crippen molar-refractivity contribution in [3.63, 3.8) is 0 Å². The summed E-state index contributed by atoms with van der Waals surface area (Å²) in [6.45, 7) is 4.45. The second kappa shape index (κ2) is 6.16. The molecule has 1 aromatic rings. The number of anilines is 2. The van der Waals surface area contributed by atoms with Gasteiger partial charge in [-0.1, -0.05) is 0 Å². The Hall–Kier alpha value is -0.880. The van der Waals surface area contributed by atoms with Gasteiger partial charge in [0.1, 0.15) is 5.82 Å². The van der Waals surface area contributed by atoms with E-state index in [1.807, 2.05) is 7.05 Å². The molecule has 0 atom stereocenters. The van der Waals surface area contributed by atoms with E-state index in [-0.39, 0.29) is 0 Å². The molecule has 0 radical (unpaired) electrons. The van der Waals surface area contributed by atoms with Crippen LogP contribution < -0.4 is 10.6 Å². The number of rotatable bonds is 5. The van der Waals surface area contributed by atoms with Crippen LogP contribution in [0.5, 0.6) is 0 Å². The molecule has 2 N–H and O–H groups in total. The lowest BCUT2D eigenvalue weighted by atomic mass is 10.4. The molecule has 1 aliphatic heterocycles. The van der Waals surface area contributed by atoms with Gasteiger partial charge >= 0.3 is 0 Å². The Labute approximate surface area is 110 Å². The largest absolute Gasteiger partial charge is 0.368 e. The van der Waals surface area contributed by atoms with Gasteiger partial charge in [0.25, 0.3) is 0 Å². The highest BCUT2D eigenvalue weighted by atomic mass is 79.9. The molecule has 6 heteroatoms. The number of hydrogen-bond acceptors (Lipinski definition) is 5. The number of nitrogens with one attached hydrogen (secondary N) is 2. The van der Waals surface area contributed by atoms with Gasteiger partial charge in [0, 0.05) is 26.3 Å². The molecule has 0 unspecified atom stereocenters. The van der Waals surface area contributed by atoms with E-state index in [4.69, 9.17) is 0 Å². The summed E-state index contributed by atoms with van der Waals surface area (Å²) in [4.78, 5) is 11.0. The first kappa shape index (κ1) is 12.6. The molecule has 1 aliphatic rings. The Morgan fingerprint density at radius 2 is 2.18 bits per heavy atom. The van der Waals surface area contributed by atoms with E-state index in [2.05, 4.69) is 41.4 Å². The minimum absolute atomic E-state index is 0.636. The van der Waals surface area contributed by atoms with Crippen molar-refractivity contribution in [2.24, 2.45) is 0 Å². The van der Waals surface area contributed by atoms with Crippen molar-refractivity contribution in [1.29, 1.82) is 0 Å². The fraction of sp³-hybridized carbons (Fsp3) is 0.636. The van der Waals surface area contributed by atoms with Crippen LogP contribution in [0.15, 0.2) is 10.7 Å². The highest BCUT2D eigenvalue weighted by molar-refractivity contribution is 9.10. The Bertz CT molecular complexity index is 365. The third-order valence-electron chi connectivity index (χ3n) is 2.89. The van der Waals surface area contributed by atoms with Gasteiger partial charge in [-0.25, -0.2) is 4.98 Å². The maximum Gasteiger partial charge on any atom is 0.224 e. The van der Waals surface area contributed by atoms with Crippen LogP contribution in [-0.2, 0) is 0 Å². The van der Waals surface area contributed by atoms with Crippen LogP contribution in [-0.4, -0.2) is 48.1 Å². The van der Waals surface area contributed by atoms with E-state index in [9.17, 15) is 0 Å². The zero-order valence-corrected chi connectivity index (χ0v) is 11.6.